The van der Waals surface area contributed by atoms with Crippen molar-refractivity contribution in [3.05, 3.63) is 59.2 Å². The monoisotopic (exact) mass is 361 g/mol. The van der Waals surface area contributed by atoms with Gasteiger partial charge in [0.15, 0.2) is 0 Å². The summed E-state index contributed by atoms with van der Waals surface area (Å²) in [5.74, 6) is 2.45. The van der Waals surface area contributed by atoms with E-state index in [2.05, 4.69) is 68.6 Å². The molecule has 2 heterocycles. The average molecular weight is 361 g/mol. The number of anilines is 1. The molecule has 27 heavy (non-hydrogen) atoms. The summed E-state index contributed by atoms with van der Waals surface area (Å²) in [5.41, 5.74) is 4.97. The van der Waals surface area contributed by atoms with E-state index >= 15 is 0 Å². The molecular weight excluding hydrogens is 334 g/mol. The molecular formula is C24H27NO2. The zero-order valence-corrected chi connectivity index (χ0v) is 16.5. The smallest absolute Gasteiger partial charge is 0.130 e. The summed E-state index contributed by atoms with van der Waals surface area (Å²) in [5, 5.41) is 3.86. The first-order chi connectivity index (χ1) is 12.9. The van der Waals surface area contributed by atoms with Gasteiger partial charge < -0.3 is 14.8 Å². The third kappa shape index (κ3) is 2.33. The highest BCUT2D eigenvalue weighted by Crippen LogP contribution is 2.54. The molecule has 3 atom stereocenters. The number of hydrogen-bond donors (Lipinski definition) is 1. The van der Waals surface area contributed by atoms with Crippen molar-refractivity contribution < 1.29 is 9.47 Å². The van der Waals surface area contributed by atoms with Crippen molar-refractivity contribution in [2.24, 2.45) is 5.92 Å². The summed E-state index contributed by atoms with van der Waals surface area (Å²) in [7, 11) is 1.74. The van der Waals surface area contributed by atoms with Crippen LogP contribution in [0.2, 0.25) is 0 Å². The highest BCUT2D eigenvalue weighted by Gasteiger charge is 2.52. The summed E-state index contributed by atoms with van der Waals surface area (Å²) in [6, 6.07) is 15.1. The lowest BCUT2D eigenvalue weighted by Crippen LogP contribution is -2.57. The van der Waals surface area contributed by atoms with Gasteiger partial charge in [-0.1, -0.05) is 32.0 Å². The Hall–Kier alpha value is -2.42. The predicted octanol–water partition coefficient (Wildman–Crippen LogP) is 5.41. The summed E-state index contributed by atoms with van der Waals surface area (Å²) in [6.07, 6.45) is 4.54. The molecule has 0 bridgehead atoms. The molecule has 1 fully saturated rings. The fraction of sp³-hybridized carbons (Fsp3) is 0.417. The number of fused-ring (bicyclic) bond motifs is 5. The molecule has 1 aliphatic carbocycles. The zero-order valence-electron chi connectivity index (χ0n) is 16.5. The van der Waals surface area contributed by atoms with E-state index in [0.29, 0.717) is 5.92 Å². The van der Waals surface area contributed by atoms with E-state index in [1.807, 2.05) is 6.07 Å². The van der Waals surface area contributed by atoms with Crippen LogP contribution < -0.4 is 14.8 Å². The van der Waals surface area contributed by atoms with Gasteiger partial charge in [-0.15, -0.1) is 0 Å². The Balaban J connectivity index is 1.64. The van der Waals surface area contributed by atoms with Crippen LogP contribution in [-0.4, -0.2) is 18.8 Å². The van der Waals surface area contributed by atoms with Crippen LogP contribution in [0.1, 0.15) is 44.7 Å². The second-order valence-corrected chi connectivity index (χ2v) is 8.87. The lowest BCUT2D eigenvalue weighted by atomic mass is 9.58. The molecule has 1 saturated carbocycles. The maximum Gasteiger partial charge on any atom is 0.130 e. The van der Waals surface area contributed by atoms with Gasteiger partial charge >= 0.3 is 0 Å². The van der Waals surface area contributed by atoms with Crippen molar-refractivity contribution in [3.63, 3.8) is 0 Å². The lowest BCUT2D eigenvalue weighted by Gasteiger charge is -2.54. The molecule has 1 N–H and O–H groups in total. The third-order valence-corrected chi connectivity index (χ3v) is 7.00. The Morgan fingerprint density at radius 1 is 1.11 bits per heavy atom. The highest BCUT2D eigenvalue weighted by molar-refractivity contribution is 5.70. The predicted molar refractivity (Wildman–Crippen MR) is 110 cm³/mol. The quantitative estimate of drug-likeness (QED) is 0.736. The third-order valence-electron chi connectivity index (χ3n) is 7.00. The second kappa shape index (κ2) is 5.54. The minimum atomic E-state index is -0.234. The van der Waals surface area contributed by atoms with E-state index in [0.717, 1.165) is 24.3 Å². The number of hydrogen-bond acceptors (Lipinski definition) is 3. The molecule has 1 unspecified atom stereocenters. The van der Waals surface area contributed by atoms with Crippen LogP contribution in [0.4, 0.5) is 5.69 Å². The van der Waals surface area contributed by atoms with Crippen molar-refractivity contribution in [1.29, 1.82) is 0 Å². The summed E-state index contributed by atoms with van der Waals surface area (Å²) >= 11 is 0. The van der Waals surface area contributed by atoms with E-state index < -0.39 is 0 Å². The Bertz CT molecular complexity index is 945. The zero-order chi connectivity index (χ0) is 18.8. The Morgan fingerprint density at radius 3 is 2.74 bits per heavy atom. The number of rotatable bonds is 1. The fourth-order valence-corrected chi connectivity index (χ4v) is 5.38. The number of methoxy groups -OCH3 is 1. The first-order valence-electron chi connectivity index (χ1n) is 9.87. The minimum absolute atomic E-state index is 0.0684. The number of nitrogens with one attached hydrogen (secondary N) is 1. The van der Waals surface area contributed by atoms with Crippen molar-refractivity contribution in [1.82, 2.24) is 0 Å². The largest absolute Gasteiger partial charge is 0.497 e. The molecule has 140 valence electrons. The molecule has 0 saturated heterocycles. The highest BCUT2D eigenvalue weighted by atomic mass is 16.5. The molecule has 2 aliphatic heterocycles. The van der Waals surface area contributed by atoms with Crippen LogP contribution in [0, 0.1) is 5.92 Å². The summed E-state index contributed by atoms with van der Waals surface area (Å²) in [6.45, 7) is 7.01. The van der Waals surface area contributed by atoms with E-state index in [1.54, 1.807) is 7.11 Å². The lowest BCUT2D eigenvalue weighted by molar-refractivity contribution is 0.0603. The molecule has 0 spiro atoms. The Kier molecular flexibility index (Phi) is 3.43. The van der Waals surface area contributed by atoms with Gasteiger partial charge in [-0.25, -0.2) is 0 Å². The molecule has 3 nitrogen and oxygen atoms in total. The fourth-order valence-electron chi connectivity index (χ4n) is 5.38. The van der Waals surface area contributed by atoms with Crippen LogP contribution in [0.3, 0.4) is 0 Å². The van der Waals surface area contributed by atoms with E-state index in [-0.39, 0.29) is 17.1 Å². The van der Waals surface area contributed by atoms with E-state index in [4.69, 9.17) is 9.47 Å². The average Bonchev–Trinajstić information content (AvgIpc) is 2.66. The van der Waals surface area contributed by atoms with Crippen molar-refractivity contribution >= 4 is 11.8 Å². The SMILES string of the molecule is COc1ccc2c(c1)C(C)(C)[C@@H]1CCC3(C)Oc4ccccc4C=C3[C@H]1N2. The number of ether oxygens (including phenoxy) is 2. The normalized spacial score (nSPS) is 29.7. The van der Waals surface area contributed by atoms with E-state index in [9.17, 15) is 0 Å². The maximum atomic E-state index is 6.54. The number of para-hydroxylation sites is 1. The van der Waals surface area contributed by atoms with Crippen LogP contribution in [0.25, 0.3) is 6.08 Å². The molecule has 3 heteroatoms. The molecule has 3 aliphatic rings. The summed E-state index contributed by atoms with van der Waals surface area (Å²) in [4.78, 5) is 0. The molecule has 2 aromatic carbocycles. The molecule has 0 aromatic heterocycles. The van der Waals surface area contributed by atoms with Gasteiger partial charge in [-0.2, -0.15) is 0 Å². The molecule has 0 radical (unpaired) electrons. The van der Waals surface area contributed by atoms with Gasteiger partial charge in [0.1, 0.15) is 17.1 Å². The molecule has 5 rings (SSSR count). The minimum Gasteiger partial charge on any atom is -0.497 e. The van der Waals surface area contributed by atoms with Crippen LogP contribution in [-0.2, 0) is 5.41 Å². The van der Waals surface area contributed by atoms with Gasteiger partial charge in [-0.3, -0.25) is 0 Å². The standard InChI is InChI=1S/C24H27NO2/c1-23(2)17-11-12-24(3)19(13-15-7-5-6-8-21(15)27-24)22(17)25-20-10-9-16(26-4)14-18(20)23/h5-10,13-14,17,22,25H,11-12H2,1-4H3/t17-,22+,24?/m1/s1. The Labute approximate surface area is 161 Å². The molecule has 0 amide bonds. The van der Waals surface area contributed by atoms with Gasteiger partial charge in [0.05, 0.1) is 13.2 Å². The van der Waals surface area contributed by atoms with Crippen LogP contribution in [0.5, 0.6) is 11.5 Å². The second-order valence-electron chi connectivity index (χ2n) is 8.87. The first-order valence-corrected chi connectivity index (χ1v) is 9.87. The van der Waals surface area contributed by atoms with Gasteiger partial charge in [-0.05, 0) is 72.6 Å². The summed E-state index contributed by atoms with van der Waals surface area (Å²) < 4.78 is 12.0. The van der Waals surface area contributed by atoms with Crippen LogP contribution >= 0.6 is 0 Å². The van der Waals surface area contributed by atoms with Gasteiger partial charge in [0.2, 0.25) is 0 Å². The van der Waals surface area contributed by atoms with Crippen molar-refractivity contribution in [3.8, 4) is 11.5 Å². The number of benzene rings is 2. The van der Waals surface area contributed by atoms with E-state index in [1.165, 1.54) is 22.4 Å². The van der Waals surface area contributed by atoms with Crippen molar-refractivity contribution in [2.45, 2.75) is 50.7 Å². The first kappa shape index (κ1) is 16.7. The molecule has 2 aromatic rings. The van der Waals surface area contributed by atoms with Crippen molar-refractivity contribution in [2.75, 3.05) is 12.4 Å². The Morgan fingerprint density at radius 2 is 1.93 bits per heavy atom. The maximum absolute atomic E-state index is 6.54. The van der Waals surface area contributed by atoms with Gasteiger partial charge in [0.25, 0.3) is 0 Å². The topological polar surface area (TPSA) is 30.5 Å². The van der Waals surface area contributed by atoms with Crippen LogP contribution in [0.15, 0.2) is 48.0 Å². The van der Waals surface area contributed by atoms with Gasteiger partial charge in [0, 0.05) is 11.3 Å².